The molecule has 0 atom stereocenters. The number of aryl methyl sites for hydroxylation is 2. The molecule has 356 valence electrons. The van der Waals surface area contributed by atoms with E-state index in [1.807, 2.05) is 56.3 Å². The van der Waals surface area contributed by atoms with Crippen LogP contribution >= 0.6 is 34.8 Å². The summed E-state index contributed by atoms with van der Waals surface area (Å²) in [5, 5.41) is 22.9. The molecule has 0 aliphatic heterocycles. The van der Waals surface area contributed by atoms with Crippen molar-refractivity contribution in [2.45, 2.75) is 116 Å². The molecule has 0 amide bonds. The molecule has 16 nitrogen and oxygen atoms in total. The molecule has 0 radical (unpaired) electrons. The van der Waals surface area contributed by atoms with Gasteiger partial charge in [-0.25, -0.2) is 0 Å². The molecule has 0 bridgehead atoms. The number of anilines is 6. The van der Waals surface area contributed by atoms with Gasteiger partial charge in [-0.05, 0) is 112 Å². The second-order valence-electron chi connectivity index (χ2n) is 16.1. The Kier molecular flexibility index (Phi) is 20.0. The van der Waals surface area contributed by atoms with Crippen LogP contribution in [-0.2, 0) is 13.2 Å². The third kappa shape index (κ3) is 17.1. The van der Waals surface area contributed by atoms with E-state index in [4.69, 9.17) is 54.1 Å². The van der Waals surface area contributed by atoms with Crippen molar-refractivity contribution in [2.24, 2.45) is 0 Å². The topological polar surface area (TPSA) is 199 Å². The summed E-state index contributed by atoms with van der Waals surface area (Å²) in [6.07, 6.45) is 14.5. The van der Waals surface area contributed by atoms with Crippen LogP contribution in [0.2, 0.25) is 15.3 Å². The quantitative estimate of drug-likeness (QED) is 0.0645. The molecule has 6 aromatic rings. The highest BCUT2D eigenvalue weighted by atomic mass is 35.5. The Bertz CT molecular complexity index is 2470. The van der Waals surface area contributed by atoms with Crippen LogP contribution in [0.3, 0.4) is 0 Å². The molecule has 0 saturated heterocycles. The summed E-state index contributed by atoms with van der Waals surface area (Å²) in [6, 6.07) is 23.1. The van der Waals surface area contributed by atoms with Crippen LogP contribution in [0, 0.1) is 13.8 Å². The zero-order chi connectivity index (χ0) is 47.4. The molecular weight excluding hydrogens is 915 g/mol. The van der Waals surface area contributed by atoms with Crippen molar-refractivity contribution in [3.63, 3.8) is 0 Å². The largest absolute Gasteiger partial charge is 0.495 e. The molecule has 2 saturated carbocycles. The van der Waals surface area contributed by atoms with Gasteiger partial charge in [0.25, 0.3) is 0 Å². The van der Waals surface area contributed by atoms with E-state index in [0.29, 0.717) is 57.4 Å². The normalized spacial score (nSPS) is 14.1. The molecule has 2 fully saturated rings. The SMILES string of the molecule is COc1ccc(Nc2nc(Cl)nc(NC3CCCCCC3)n2)cc1Cl.COc1ccc(Nc2nc(NC3CCCCCC3)nc(OCc3cccc(C)n3)n2)cc1Cl.Cc1cccc(CO)n1. The van der Waals surface area contributed by atoms with Crippen molar-refractivity contribution in [2.75, 3.05) is 35.5 Å². The van der Waals surface area contributed by atoms with Crippen molar-refractivity contribution in [1.82, 2.24) is 39.9 Å². The van der Waals surface area contributed by atoms with Crippen LogP contribution in [-0.4, -0.2) is 71.3 Å². The third-order valence-corrected chi connectivity index (χ3v) is 11.6. The number of hydrogen-bond acceptors (Lipinski definition) is 16. The van der Waals surface area contributed by atoms with Gasteiger partial charge in [-0.1, -0.05) is 86.7 Å². The lowest BCUT2D eigenvalue weighted by Crippen LogP contribution is -2.21. The molecule has 2 aromatic carbocycles. The second kappa shape index (κ2) is 26.5. The molecule has 5 N–H and O–H groups in total. The number of rotatable bonds is 14. The first-order valence-corrected chi connectivity index (χ1v) is 23.7. The highest BCUT2D eigenvalue weighted by Crippen LogP contribution is 2.31. The Morgan fingerprint density at radius 3 is 1.45 bits per heavy atom. The van der Waals surface area contributed by atoms with E-state index in [1.54, 1.807) is 44.6 Å². The van der Waals surface area contributed by atoms with Crippen LogP contribution in [0.15, 0.2) is 72.8 Å². The van der Waals surface area contributed by atoms with Gasteiger partial charge in [-0.2, -0.15) is 29.9 Å². The van der Waals surface area contributed by atoms with Gasteiger partial charge in [0.2, 0.25) is 29.1 Å². The van der Waals surface area contributed by atoms with E-state index in [9.17, 15) is 0 Å². The predicted octanol–water partition coefficient (Wildman–Crippen LogP) is 11.6. The standard InChI is InChI=1S/C24H29ClN6O2.C17H21Cl2N5O.C7H9NO/c1-16-8-7-11-19(26-16)15-33-24-30-22(27-17-9-5-3-4-6-10-17)29-23(31-24)28-18-12-13-21(32-2)20(25)14-18;1-25-14-9-8-12(10-13(14)18)21-17-23-15(19)22-16(24-17)20-11-6-4-2-3-5-7-11;1-6-3-2-4-7(5-9)8-6/h7-8,11-14,17H,3-6,9-10,15H2,1-2H3,(H2,27,28,29,30,31);8-11H,2-7H2,1H3,(H2,20,21,22,23,24);2-4,9H,5H2,1H3. The lowest BCUT2D eigenvalue weighted by molar-refractivity contribution is 0.276. The number of aromatic nitrogens is 8. The minimum atomic E-state index is 0.0294. The molecule has 0 unspecified atom stereocenters. The number of nitrogens with one attached hydrogen (secondary N) is 4. The zero-order valence-corrected chi connectivity index (χ0v) is 40.6. The fraction of sp³-hybridized carbons (Fsp3) is 0.417. The average molecular weight is 974 g/mol. The minimum Gasteiger partial charge on any atom is -0.495 e. The van der Waals surface area contributed by atoms with Gasteiger partial charge in [0.15, 0.2) is 0 Å². The van der Waals surface area contributed by atoms with Crippen LogP contribution in [0.1, 0.15) is 99.8 Å². The summed E-state index contributed by atoms with van der Waals surface area (Å²) in [7, 11) is 3.16. The van der Waals surface area contributed by atoms with Gasteiger partial charge in [-0.3, -0.25) is 9.97 Å². The average Bonchev–Trinajstić information content (AvgIpc) is 3.74. The first-order chi connectivity index (χ1) is 32.5. The van der Waals surface area contributed by atoms with Crippen LogP contribution < -0.4 is 35.5 Å². The second-order valence-corrected chi connectivity index (χ2v) is 17.3. The Morgan fingerprint density at radius 2 is 0.985 bits per heavy atom. The van der Waals surface area contributed by atoms with Gasteiger partial charge in [-0.15, -0.1) is 0 Å². The van der Waals surface area contributed by atoms with Crippen molar-refractivity contribution < 1.29 is 19.3 Å². The number of halogens is 3. The van der Waals surface area contributed by atoms with E-state index in [-0.39, 0.29) is 24.5 Å². The maximum atomic E-state index is 8.60. The lowest BCUT2D eigenvalue weighted by atomic mass is 10.1. The highest BCUT2D eigenvalue weighted by molar-refractivity contribution is 6.32. The number of pyridine rings is 2. The summed E-state index contributed by atoms with van der Waals surface area (Å²) in [5.74, 6) is 2.94. The fourth-order valence-corrected chi connectivity index (χ4v) is 8.15. The summed E-state index contributed by atoms with van der Waals surface area (Å²) in [4.78, 5) is 34.8. The van der Waals surface area contributed by atoms with E-state index in [1.165, 1.54) is 51.4 Å². The maximum absolute atomic E-state index is 8.60. The van der Waals surface area contributed by atoms with Gasteiger partial charge in [0.1, 0.15) is 18.1 Å². The lowest BCUT2D eigenvalue weighted by Gasteiger charge is -2.17. The maximum Gasteiger partial charge on any atom is 0.323 e. The highest BCUT2D eigenvalue weighted by Gasteiger charge is 2.17. The van der Waals surface area contributed by atoms with Crippen molar-refractivity contribution in [3.8, 4) is 17.5 Å². The molecule has 2 aliphatic carbocycles. The number of aliphatic hydroxyl groups is 1. The number of benzene rings is 2. The number of hydrogen-bond donors (Lipinski definition) is 5. The molecule has 19 heteroatoms. The van der Waals surface area contributed by atoms with E-state index in [0.717, 1.165) is 59.8 Å². The zero-order valence-electron chi connectivity index (χ0n) is 38.4. The van der Waals surface area contributed by atoms with Crippen molar-refractivity contribution in [3.05, 3.63) is 111 Å². The Labute approximate surface area is 407 Å². The molecule has 4 aromatic heterocycles. The van der Waals surface area contributed by atoms with Crippen LogP contribution in [0.5, 0.6) is 17.5 Å². The third-order valence-electron chi connectivity index (χ3n) is 10.8. The predicted molar refractivity (Wildman–Crippen MR) is 266 cm³/mol. The van der Waals surface area contributed by atoms with Gasteiger partial charge in [0, 0.05) is 34.8 Å². The Morgan fingerprint density at radius 1 is 0.537 bits per heavy atom. The van der Waals surface area contributed by atoms with E-state index < -0.39 is 0 Å². The van der Waals surface area contributed by atoms with Crippen molar-refractivity contribution >= 4 is 70.0 Å². The molecular formula is C48H59Cl3N12O4. The number of methoxy groups -OCH3 is 2. The number of nitrogens with zero attached hydrogens (tertiary/aromatic N) is 8. The summed E-state index contributed by atoms with van der Waals surface area (Å²) >= 11 is 18.5. The van der Waals surface area contributed by atoms with E-state index >= 15 is 0 Å². The van der Waals surface area contributed by atoms with Crippen LogP contribution in [0.25, 0.3) is 0 Å². The fourth-order valence-electron chi connectivity index (χ4n) is 7.48. The molecule has 4 heterocycles. The number of ether oxygens (including phenoxy) is 3. The minimum absolute atomic E-state index is 0.0294. The Balaban J connectivity index is 0.000000191. The van der Waals surface area contributed by atoms with Crippen molar-refractivity contribution in [1.29, 1.82) is 0 Å². The molecule has 0 spiro atoms. The first-order valence-electron chi connectivity index (χ1n) is 22.6. The smallest absolute Gasteiger partial charge is 0.323 e. The summed E-state index contributed by atoms with van der Waals surface area (Å²) in [6.45, 7) is 4.15. The first kappa shape index (κ1) is 50.6. The summed E-state index contributed by atoms with van der Waals surface area (Å²) < 4.78 is 16.3. The van der Waals surface area contributed by atoms with Gasteiger partial charge < -0.3 is 40.6 Å². The molecule has 8 rings (SSSR count). The molecule has 2 aliphatic rings. The van der Waals surface area contributed by atoms with Crippen LogP contribution in [0.4, 0.5) is 35.2 Å². The van der Waals surface area contributed by atoms with Gasteiger partial charge in [0.05, 0.1) is 42.3 Å². The van der Waals surface area contributed by atoms with Gasteiger partial charge >= 0.3 is 6.01 Å². The molecule has 67 heavy (non-hydrogen) atoms. The van der Waals surface area contributed by atoms with E-state index in [2.05, 4.69) is 61.1 Å². The Hall–Kier alpha value is -5.81. The monoisotopic (exact) mass is 972 g/mol. The summed E-state index contributed by atoms with van der Waals surface area (Å²) in [5.41, 5.74) is 4.90. The number of aliphatic hydroxyl groups excluding tert-OH is 1.